The monoisotopic (exact) mass is 511 g/mol. The molecule has 194 valence electrons. The van der Waals surface area contributed by atoms with Gasteiger partial charge in [-0.25, -0.2) is 4.39 Å². The first-order chi connectivity index (χ1) is 16.5. The molecular weight excluding hydrogens is 477 g/mol. The highest BCUT2D eigenvalue weighted by atomic mass is 35.5. The molecule has 0 fully saturated rings. The largest absolute Gasteiger partial charge is 0.503 e. The van der Waals surface area contributed by atoms with Crippen molar-refractivity contribution in [3.63, 3.8) is 0 Å². The Balaban J connectivity index is 0.00000194. The van der Waals surface area contributed by atoms with Gasteiger partial charge in [-0.1, -0.05) is 44.9 Å². The number of carbonyl (C=O) groups excluding carboxylic acids is 2. The molecule has 1 aromatic carbocycles. The van der Waals surface area contributed by atoms with Gasteiger partial charge >= 0.3 is 0 Å². The topological polar surface area (TPSA) is 101 Å². The van der Waals surface area contributed by atoms with Crippen LogP contribution in [0.3, 0.4) is 0 Å². The first-order valence-corrected chi connectivity index (χ1v) is 11.8. The Labute approximate surface area is 210 Å². The zero-order chi connectivity index (χ0) is 26.9. The second-order valence-corrected chi connectivity index (χ2v) is 8.34. The van der Waals surface area contributed by atoms with E-state index in [2.05, 4.69) is 19.2 Å². The van der Waals surface area contributed by atoms with Gasteiger partial charge in [0.05, 0.1) is 16.8 Å². The van der Waals surface area contributed by atoms with E-state index in [1.165, 1.54) is 55.3 Å². The van der Waals surface area contributed by atoms with Crippen molar-refractivity contribution < 1.29 is 23.8 Å². The van der Waals surface area contributed by atoms with Crippen LogP contribution in [-0.4, -0.2) is 47.1 Å². The fourth-order valence-corrected chi connectivity index (χ4v) is 3.55. The van der Waals surface area contributed by atoms with Gasteiger partial charge in [0, 0.05) is 34.3 Å². The second kappa shape index (κ2) is 13.8. The highest BCUT2D eigenvalue weighted by Gasteiger charge is 2.31. The van der Waals surface area contributed by atoms with Crippen LogP contribution in [0.5, 0.6) is 5.75 Å². The lowest BCUT2D eigenvalue weighted by molar-refractivity contribution is 0.0764. The van der Waals surface area contributed by atoms with Crippen LogP contribution >= 0.6 is 11.6 Å². The summed E-state index contributed by atoms with van der Waals surface area (Å²) < 4.78 is 20.2. The summed E-state index contributed by atoms with van der Waals surface area (Å²) in [6.07, 6.45) is 0.965. The summed E-state index contributed by atoms with van der Waals surface area (Å²) in [6.45, 7) is 8.12. The van der Waals surface area contributed by atoms with Crippen molar-refractivity contribution in [1.29, 1.82) is 0 Å². The van der Waals surface area contributed by atoms with E-state index < -0.39 is 34.9 Å². The lowest BCUT2D eigenvalue weighted by Gasteiger charge is -2.25. The maximum absolute atomic E-state index is 13.4. The van der Waals surface area contributed by atoms with Crippen LogP contribution in [0, 0.1) is 5.82 Å². The van der Waals surface area contributed by atoms with Gasteiger partial charge in [-0.2, -0.15) is 0 Å². The molecule has 35 heavy (non-hydrogen) atoms. The van der Waals surface area contributed by atoms with Crippen molar-refractivity contribution in [2.45, 2.75) is 53.2 Å². The van der Waals surface area contributed by atoms with E-state index in [0.717, 1.165) is 0 Å². The minimum atomic E-state index is -0.976. The van der Waals surface area contributed by atoms with Crippen LogP contribution in [-0.2, 0) is 18.3 Å². The number of nitrogens with one attached hydrogen (secondary N) is 1. The first kappa shape index (κ1) is 30.1. The standard InChI is InChI=1S/C22H27ClFN3O5.C3H8/c1-6-15(32-5)17-16(21(30)25-11-12-8-9-14(24)13(23)10-12)19(28)20(29)18(27(17)4)22(31)26(3)7-2;1-3-2/h8-10,15,29H,6-7,11H2,1-5H3,(H,25,30);3H2,1-2H3. The van der Waals surface area contributed by atoms with Crippen molar-refractivity contribution in [3.8, 4) is 5.75 Å². The first-order valence-electron chi connectivity index (χ1n) is 11.5. The number of nitrogens with zero attached hydrogens (tertiary/aromatic N) is 2. The summed E-state index contributed by atoms with van der Waals surface area (Å²) >= 11 is 5.78. The van der Waals surface area contributed by atoms with E-state index in [4.69, 9.17) is 16.3 Å². The number of carbonyl (C=O) groups is 2. The van der Waals surface area contributed by atoms with Crippen LogP contribution in [0.25, 0.3) is 0 Å². The van der Waals surface area contributed by atoms with Crippen LogP contribution in [0.4, 0.5) is 4.39 Å². The molecule has 0 bridgehead atoms. The average molecular weight is 512 g/mol. The smallest absolute Gasteiger partial charge is 0.274 e. The number of benzene rings is 1. The number of aromatic nitrogens is 1. The number of hydrogen-bond donors (Lipinski definition) is 2. The molecule has 1 atom stereocenters. The quantitative estimate of drug-likeness (QED) is 0.546. The normalized spacial score (nSPS) is 11.3. The third-order valence-corrected chi connectivity index (χ3v) is 5.56. The zero-order valence-electron chi connectivity index (χ0n) is 21.4. The molecule has 0 aliphatic carbocycles. The highest BCUT2D eigenvalue weighted by molar-refractivity contribution is 6.30. The molecule has 2 N–H and O–H groups in total. The van der Waals surface area contributed by atoms with Crippen LogP contribution in [0.2, 0.25) is 5.02 Å². The predicted molar refractivity (Wildman–Crippen MR) is 135 cm³/mol. The van der Waals surface area contributed by atoms with Crippen LogP contribution in [0.15, 0.2) is 23.0 Å². The van der Waals surface area contributed by atoms with Gasteiger partial charge in [0.25, 0.3) is 11.8 Å². The number of amides is 2. The minimum Gasteiger partial charge on any atom is -0.503 e. The number of aromatic hydroxyl groups is 1. The molecule has 1 aromatic heterocycles. The molecule has 0 aliphatic heterocycles. The Morgan fingerprint density at radius 2 is 1.86 bits per heavy atom. The number of halogens is 2. The Kier molecular flexibility index (Phi) is 11.9. The van der Waals surface area contributed by atoms with Crippen LogP contribution < -0.4 is 10.7 Å². The molecule has 0 radical (unpaired) electrons. The number of pyridine rings is 1. The van der Waals surface area contributed by atoms with Crippen molar-refractivity contribution in [2.24, 2.45) is 7.05 Å². The predicted octanol–water partition coefficient (Wildman–Crippen LogP) is 4.42. The Hall–Kier alpha value is -2.91. The van der Waals surface area contributed by atoms with Gasteiger partial charge in [0.15, 0.2) is 11.4 Å². The van der Waals surface area contributed by atoms with E-state index >= 15 is 0 Å². The van der Waals surface area contributed by atoms with Crippen molar-refractivity contribution in [1.82, 2.24) is 14.8 Å². The lowest BCUT2D eigenvalue weighted by atomic mass is 10.0. The summed E-state index contributed by atoms with van der Waals surface area (Å²) in [7, 11) is 4.45. The second-order valence-electron chi connectivity index (χ2n) is 7.94. The van der Waals surface area contributed by atoms with Gasteiger partial charge in [-0.05, 0) is 31.0 Å². The van der Waals surface area contributed by atoms with E-state index in [0.29, 0.717) is 18.5 Å². The number of rotatable bonds is 8. The Morgan fingerprint density at radius 3 is 2.34 bits per heavy atom. The highest BCUT2D eigenvalue weighted by Crippen LogP contribution is 2.27. The molecule has 1 heterocycles. The third-order valence-electron chi connectivity index (χ3n) is 5.27. The Morgan fingerprint density at radius 1 is 1.26 bits per heavy atom. The van der Waals surface area contributed by atoms with E-state index in [-0.39, 0.29) is 28.5 Å². The van der Waals surface area contributed by atoms with E-state index in [1.54, 1.807) is 13.8 Å². The van der Waals surface area contributed by atoms with Crippen LogP contribution in [0.1, 0.15) is 78.7 Å². The van der Waals surface area contributed by atoms with Gasteiger partial charge in [-0.3, -0.25) is 14.4 Å². The van der Waals surface area contributed by atoms with E-state index in [1.807, 2.05) is 0 Å². The molecular formula is C25H35ClFN3O5. The zero-order valence-corrected chi connectivity index (χ0v) is 22.1. The number of methoxy groups -OCH3 is 1. The molecule has 0 saturated heterocycles. The van der Waals surface area contributed by atoms with Gasteiger partial charge in [0.1, 0.15) is 11.4 Å². The van der Waals surface area contributed by atoms with Crippen molar-refractivity contribution >= 4 is 23.4 Å². The third kappa shape index (κ3) is 7.05. The molecule has 10 heteroatoms. The number of ether oxygens (including phenoxy) is 1. The van der Waals surface area contributed by atoms with Gasteiger partial charge in [-0.15, -0.1) is 0 Å². The maximum Gasteiger partial charge on any atom is 0.274 e. The molecule has 2 aromatic rings. The molecule has 0 aliphatic rings. The lowest BCUT2D eigenvalue weighted by Crippen LogP contribution is -2.37. The molecule has 8 nitrogen and oxygen atoms in total. The molecule has 0 spiro atoms. The summed E-state index contributed by atoms with van der Waals surface area (Å²) in [4.78, 5) is 40.2. The SMILES string of the molecule is CCC.CCC(OC)c1c(C(=O)NCc2ccc(F)c(Cl)c2)c(=O)c(O)c(C(=O)N(C)CC)n1C. The summed E-state index contributed by atoms with van der Waals surface area (Å²) in [5.41, 5.74) is -0.854. The van der Waals surface area contributed by atoms with Crippen molar-refractivity contribution in [3.05, 3.63) is 61.8 Å². The minimum absolute atomic E-state index is 0.0365. The molecule has 2 rings (SSSR count). The number of hydrogen-bond acceptors (Lipinski definition) is 5. The van der Waals surface area contributed by atoms with Crippen molar-refractivity contribution in [2.75, 3.05) is 20.7 Å². The molecule has 1 unspecified atom stereocenters. The van der Waals surface area contributed by atoms with E-state index in [9.17, 15) is 23.9 Å². The van der Waals surface area contributed by atoms with Gasteiger partial charge < -0.3 is 24.6 Å². The fourth-order valence-electron chi connectivity index (χ4n) is 3.35. The fraction of sp³-hybridized carbons (Fsp3) is 0.480. The Bertz CT molecular complexity index is 1100. The summed E-state index contributed by atoms with van der Waals surface area (Å²) in [5, 5.41) is 13.1. The average Bonchev–Trinajstić information content (AvgIpc) is 2.83. The summed E-state index contributed by atoms with van der Waals surface area (Å²) in [5.74, 6) is -2.74. The maximum atomic E-state index is 13.4. The molecule has 2 amide bonds. The molecule has 0 saturated carbocycles. The van der Waals surface area contributed by atoms with Gasteiger partial charge in [0.2, 0.25) is 5.43 Å². The summed E-state index contributed by atoms with van der Waals surface area (Å²) in [6, 6.07) is 3.98.